The van der Waals surface area contributed by atoms with Gasteiger partial charge in [0, 0.05) is 12.8 Å². The first-order valence-corrected chi connectivity index (χ1v) is 5.00. The third-order valence-electron chi connectivity index (χ3n) is 3.54. The molecule has 0 unspecified atom stereocenters. The van der Waals surface area contributed by atoms with Gasteiger partial charge in [-0.2, -0.15) is 0 Å². The molecule has 3 heteroatoms. The van der Waals surface area contributed by atoms with E-state index in [1.165, 1.54) is 13.3 Å². The molecule has 2 bridgehead atoms. The summed E-state index contributed by atoms with van der Waals surface area (Å²) in [5.74, 6) is 1.21. The predicted molar refractivity (Wildman–Crippen MR) is 47.0 cm³/mol. The molecular formula is C10H16O3. The number of rotatable bonds is 2. The van der Waals surface area contributed by atoms with Crippen LogP contribution in [0.4, 0.5) is 0 Å². The number of esters is 1. The number of hydrogen-bond acceptors (Lipinski definition) is 3. The molecule has 0 aromatic carbocycles. The van der Waals surface area contributed by atoms with Crippen molar-refractivity contribution in [3.8, 4) is 0 Å². The highest BCUT2D eigenvalue weighted by Gasteiger charge is 2.47. The molecule has 0 heterocycles. The third-order valence-corrected chi connectivity index (χ3v) is 3.54. The van der Waals surface area contributed by atoms with Gasteiger partial charge in [0.15, 0.2) is 0 Å². The van der Waals surface area contributed by atoms with Crippen LogP contribution in [0.15, 0.2) is 0 Å². The molecule has 2 rings (SSSR count). The molecule has 4 atom stereocenters. The second-order valence-corrected chi connectivity index (χ2v) is 4.27. The minimum absolute atomic E-state index is 0.140. The Kier molecular flexibility index (Phi) is 2.28. The number of hydrogen-bond donors (Lipinski definition) is 1. The molecule has 0 spiro atoms. The Bertz CT molecular complexity index is 214. The Morgan fingerprint density at radius 2 is 2.31 bits per heavy atom. The minimum atomic E-state index is -0.208. The van der Waals surface area contributed by atoms with E-state index in [9.17, 15) is 9.90 Å². The molecule has 1 N–H and O–H groups in total. The number of ether oxygens (including phenoxy) is 1. The zero-order valence-corrected chi connectivity index (χ0v) is 7.90. The largest absolute Gasteiger partial charge is 0.466 e. The monoisotopic (exact) mass is 184 g/mol. The van der Waals surface area contributed by atoms with Crippen molar-refractivity contribution < 1.29 is 14.6 Å². The van der Waals surface area contributed by atoms with Crippen molar-refractivity contribution >= 4 is 5.97 Å². The number of fused-ring (bicyclic) bond motifs is 2. The number of aliphatic hydroxyl groups is 1. The molecule has 0 saturated heterocycles. The van der Waals surface area contributed by atoms with Gasteiger partial charge in [-0.1, -0.05) is 0 Å². The van der Waals surface area contributed by atoms with Gasteiger partial charge in [-0.3, -0.25) is 4.79 Å². The maximum atomic E-state index is 10.6. The van der Waals surface area contributed by atoms with Gasteiger partial charge in [0.05, 0.1) is 12.7 Å². The summed E-state index contributed by atoms with van der Waals surface area (Å²) in [6.45, 7) is 1.95. The van der Waals surface area contributed by atoms with Gasteiger partial charge in [-0.15, -0.1) is 0 Å². The van der Waals surface area contributed by atoms with Crippen LogP contribution in [0.3, 0.4) is 0 Å². The Morgan fingerprint density at radius 3 is 2.77 bits per heavy atom. The lowest BCUT2D eigenvalue weighted by molar-refractivity contribution is -0.142. The van der Waals surface area contributed by atoms with Crippen LogP contribution in [-0.4, -0.2) is 23.8 Å². The van der Waals surface area contributed by atoms with Gasteiger partial charge in [-0.25, -0.2) is 0 Å². The van der Waals surface area contributed by atoms with Crippen LogP contribution in [0.5, 0.6) is 0 Å². The fourth-order valence-electron chi connectivity index (χ4n) is 2.91. The molecule has 2 fully saturated rings. The first-order chi connectivity index (χ1) is 6.18. The van der Waals surface area contributed by atoms with E-state index in [-0.39, 0.29) is 12.1 Å². The van der Waals surface area contributed by atoms with Crippen LogP contribution in [-0.2, 0) is 9.53 Å². The number of aliphatic hydroxyl groups excluding tert-OH is 1. The van der Waals surface area contributed by atoms with E-state index in [0.29, 0.717) is 24.4 Å². The average molecular weight is 184 g/mol. The molecule has 0 radical (unpaired) electrons. The SMILES string of the molecule is CC(=O)OC[C@@H]1[C@@H]2CC[C@H]1[C@H](O)C2. The van der Waals surface area contributed by atoms with E-state index in [0.717, 1.165) is 12.8 Å². The highest BCUT2D eigenvalue weighted by molar-refractivity contribution is 5.65. The highest BCUT2D eigenvalue weighted by Crippen LogP contribution is 2.49. The number of carbonyl (C=O) groups excluding carboxylic acids is 1. The van der Waals surface area contributed by atoms with E-state index in [4.69, 9.17) is 4.74 Å². The van der Waals surface area contributed by atoms with Gasteiger partial charge in [0.25, 0.3) is 0 Å². The zero-order valence-electron chi connectivity index (χ0n) is 7.90. The van der Waals surface area contributed by atoms with Crippen molar-refractivity contribution in [3.63, 3.8) is 0 Å². The smallest absolute Gasteiger partial charge is 0.302 e. The molecule has 0 aliphatic heterocycles. The molecule has 0 aromatic rings. The fraction of sp³-hybridized carbons (Fsp3) is 0.900. The highest BCUT2D eigenvalue weighted by atomic mass is 16.5. The molecule has 2 aliphatic carbocycles. The molecule has 2 saturated carbocycles. The summed E-state index contributed by atoms with van der Waals surface area (Å²) in [5, 5.41) is 9.61. The first-order valence-electron chi connectivity index (χ1n) is 5.00. The normalized spacial score (nSPS) is 42.3. The van der Waals surface area contributed by atoms with Crippen molar-refractivity contribution in [2.75, 3.05) is 6.61 Å². The topological polar surface area (TPSA) is 46.5 Å². The zero-order chi connectivity index (χ0) is 9.42. The summed E-state index contributed by atoms with van der Waals surface area (Å²) in [5.41, 5.74) is 0. The van der Waals surface area contributed by atoms with Crippen LogP contribution in [0, 0.1) is 17.8 Å². The van der Waals surface area contributed by atoms with Crippen LogP contribution < -0.4 is 0 Å². The van der Waals surface area contributed by atoms with Crippen molar-refractivity contribution in [2.24, 2.45) is 17.8 Å². The van der Waals surface area contributed by atoms with Gasteiger partial charge >= 0.3 is 5.97 Å². The lowest BCUT2D eigenvalue weighted by Crippen LogP contribution is -2.20. The van der Waals surface area contributed by atoms with E-state index < -0.39 is 0 Å². The minimum Gasteiger partial charge on any atom is -0.466 e. The Balaban J connectivity index is 1.90. The molecule has 13 heavy (non-hydrogen) atoms. The van der Waals surface area contributed by atoms with E-state index in [1.807, 2.05) is 0 Å². The van der Waals surface area contributed by atoms with E-state index in [2.05, 4.69) is 0 Å². The van der Waals surface area contributed by atoms with E-state index in [1.54, 1.807) is 0 Å². The standard InChI is InChI=1S/C10H16O3/c1-6(11)13-5-9-7-2-3-8(9)10(12)4-7/h7-10,12H,2-5H2,1H3/t7-,8-,9-,10-/m1/s1. The quantitative estimate of drug-likeness (QED) is 0.650. The molecule has 3 nitrogen and oxygen atoms in total. The molecular weight excluding hydrogens is 168 g/mol. The van der Waals surface area contributed by atoms with Crippen LogP contribution in [0.2, 0.25) is 0 Å². The molecule has 0 amide bonds. The number of carbonyl (C=O) groups is 1. The maximum absolute atomic E-state index is 10.6. The summed E-state index contributed by atoms with van der Waals surface area (Å²) < 4.78 is 5.00. The van der Waals surface area contributed by atoms with Gasteiger partial charge in [0.1, 0.15) is 0 Å². The van der Waals surface area contributed by atoms with Crippen LogP contribution >= 0.6 is 0 Å². The van der Waals surface area contributed by atoms with Gasteiger partial charge in [-0.05, 0) is 31.1 Å². The fourth-order valence-corrected chi connectivity index (χ4v) is 2.91. The Hall–Kier alpha value is -0.570. The Morgan fingerprint density at radius 1 is 1.54 bits per heavy atom. The maximum Gasteiger partial charge on any atom is 0.302 e. The lowest BCUT2D eigenvalue weighted by atomic mass is 9.97. The van der Waals surface area contributed by atoms with Crippen molar-refractivity contribution in [3.05, 3.63) is 0 Å². The second-order valence-electron chi connectivity index (χ2n) is 4.27. The second kappa shape index (κ2) is 3.29. The summed E-state index contributed by atoms with van der Waals surface area (Å²) in [6.07, 6.45) is 3.08. The predicted octanol–water partition coefficient (Wildman–Crippen LogP) is 0.957. The summed E-state index contributed by atoms with van der Waals surface area (Å²) in [6, 6.07) is 0. The van der Waals surface area contributed by atoms with Gasteiger partial charge in [0.2, 0.25) is 0 Å². The van der Waals surface area contributed by atoms with Gasteiger partial charge < -0.3 is 9.84 Å². The van der Waals surface area contributed by atoms with Crippen molar-refractivity contribution in [1.29, 1.82) is 0 Å². The summed E-state index contributed by atoms with van der Waals surface area (Å²) in [4.78, 5) is 10.6. The molecule has 0 aromatic heterocycles. The van der Waals surface area contributed by atoms with Crippen LogP contribution in [0.25, 0.3) is 0 Å². The molecule has 74 valence electrons. The summed E-state index contributed by atoms with van der Waals surface area (Å²) in [7, 11) is 0. The molecule has 2 aliphatic rings. The lowest BCUT2D eigenvalue weighted by Gasteiger charge is -2.16. The van der Waals surface area contributed by atoms with Crippen molar-refractivity contribution in [1.82, 2.24) is 0 Å². The Labute approximate surface area is 78.1 Å². The third kappa shape index (κ3) is 1.57. The average Bonchev–Trinajstić information content (AvgIpc) is 2.56. The summed E-state index contributed by atoms with van der Waals surface area (Å²) >= 11 is 0. The van der Waals surface area contributed by atoms with E-state index >= 15 is 0 Å². The van der Waals surface area contributed by atoms with Crippen LogP contribution in [0.1, 0.15) is 26.2 Å². The first kappa shape index (κ1) is 9.00. The van der Waals surface area contributed by atoms with Crippen molar-refractivity contribution in [2.45, 2.75) is 32.3 Å².